The first-order chi connectivity index (χ1) is 12.9. The molecule has 0 aromatic heterocycles. The minimum atomic E-state index is -3.83. The van der Waals surface area contributed by atoms with Gasteiger partial charge in [0.2, 0.25) is 9.84 Å². The third-order valence-electron chi connectivity index (χ3n) is 5.54. The van der Waals surface area contributed by atoms with Crippen LogP contribution in [0, 0.1) is 0 Å². The summed E-state index contributed by atoms with van der Waals surface area (Å²) in [6.45, 7) is 2.74. The van der Waals surface area contributed by atoms with E-state index in [1.54, 1.807) is 18.2 Å². The van der Waals surface area contributed by atoms with Crippen LogP contribution in [0.1, 0.15) is 58.9 Å². The molecule has 4 rings (SSSR count). The molecule has 0 saturated carbocycles. The summed E-state index contributed by atoms with van der Waals surface area (Å²) in [6.07, 6.45) is 3.90. The largest absolute Gasteiger partial charge is 0.336 e. The molecule has 0 N–H and O–H groups in total. The smallest absolute Gasteiger partial charge is 0.254 e. The van der Waals surface area contributed by atoms with Gasteiger partial charge in [0, 0.05) is 29.3 Å². The van der Waals surface area contributed by atoms with Crippen LogP contribution in [0.2, 0.25) is 0 Å². The molecule has 2 aliphatic rings. The topological polar surface area (TPSA) is 71.5 Å². The lowest BCUT2D eigenvalue weighted by Gasteiger charge is -2.35. The fourth-order valence-corrected chi connectivity index (χ4v) is 5.75. The fourth-order valence-electron chi connectivity index (χ4n) is 4.08. The summed E-state index contributed by atoms with van der Waals surface area (Å²) in [5.74, 6) is -0.482. The van der Waals surface area contributed by atoms with Gasteiger partial charge in [-0.3, -0.25) is 9.59 Å². The standard InChI is InChI=1S/C21H21NO4S/c1-2-15-7-5-6-12-22(15)21(24)14-10-11-17-19(13-14)27(25,26)18-9-4-3-8-16(18)20(17)23/h3-4,8-11,13,15H,2,5-7,12H2,1H3. The van der Waals surface area contributed by atoms with Crippen LogP contribution in [-0.4, -0.2) is 37.6 Å². The quantitative estimate of drug-likeness (QED) is 0.679. The number of rotatable bonds is 2. The second-order valence-corrected chi connectivity index (χ2v) is 8.98. The van der Waals surface area contributed by atoms with Gasteiger partial charge in [-0.15, -0.1) is 0 Å². The Morgan fingerprint density at radius 1 is 1.07 bits per heavy atom. The second-order valence-electron chi connectivity index (χ2n) is 7.10. The lowest BCUT2D eigenvalue weighted by molar-refractivity contribution is 0.0607. The lowest BCUT2D eigenvalue weighted by Crippen LogP contribution is -2.43. The van der Waals surface area contributed by atoms with Crippen LogP contribution in [0.4, 0.5) is 0 Å². The van der Waals surface area contributed by atoms with Crippen LogP contribution in [-0.2, 0) is 9.84 Å². The van der Waals surface area contributed by atoms with Gasteiger partial charge in [-0.25, -0.2) is 8.42 Å². The van der Waals surface area contributed by atoms with Gasteiger partial charge in [-0.05, 0) is 56.0 Å². The number of fused-ring (bicyclic) bond motifs is 2. The highest BCUT2D eigenvalue weighted by molar-refractivity contribution is 7.91. The fraction of sp³-hybridized carbons (Fsp3) is 0.333. The molecule has 5 nitrogen and oxygen atoms in total. The van der Waals surface area contributed by atoms with Gasteiger partial charge >= 0.3 is 0 Å². The molecule has 1 saturated heterocycles. The first-order valence-electron chi connectivity index (χ1n) is 9.29. The predicted octanol–water partition coefficient (Wildman–Crippen LogP) is 3.47. The number of ketones is 1. The van der Waals surface area contributed by atoms with Crippen LogP contribution in [0.3, 0.4) is 0 Å². The molecule has 1 amide bonds. The summed E-state index contributed by atoms with van der Waals surface area (Å²) in [6, 6.07) is 10.8. The van der Waals surface area contributed by atoms with Gasteiger partial charge in [0.25, 0.3) is 5.91 Å². The van der Waals surface area contributed by atoms with E-state index < -0.39 is 9.84 Å². The number of nitrogens with zero attached hydrogens (tertiary/aromatic N) is 1. The van der Waals surface area contributed by atoms with Gasteiger partial charge < -0.3 is 4.90 Å². The normalized spacial score (nSPS) is 20.7. The van der Waals surface area contributed by atoms with Crippen LogP contribution in [0.25, 0.3) is 0 Å². The van der Waals surface area contributed by atoms with Crippen LogP contribution < -0.4 is 0 Å². The highest BCUT2D eigenvalue weighted by Crippen LogP contribution is 2.35. The number of hydrogen-bond acceptors (Lipinski definition) is 4. The van der Waals surface area contributed by atoms with Gasteiger partial charge in [0.15, 0.2) is 5.78 Å². The van der Waals surface area contributed by atoms with E-state index in [1.165, 1.54) is 24.3 Å². The number of carbonyl (C=O) groups is 2. The van der Waals surface area contributed by atoms with Crippen LogP contribution in [0.15, 0.2) is 52.3 Å². The summed E-state index contributed by atoms with van der Waals surface area (Å²) >= 11 is 0. The Bertz CT molecular complexity index is 1040. The van der Waals surface area contributed by atoms with Crippen molar-refractivity contribution < 1.29 is 18.0 Å². The van der Waals surface area contributed by atoms with Crippen molar-refractivity contribution in [3.05, 3.63) is 59.2 Å². The minimum Gasteiger partial charge on any atom is -0.336 e. The molecule has 2 aromatic rings. The maximum Gasteiger partial charge on any atom is 0.254 e. The number of likely N-dealkylation sites (tertiary alicyclic amines) is 1. The van der Waals surface area contributed by atoms with Crippen molar-refractivity contribution >= 4 is 21.5 Å². The lowest BCUT2D eigenvalue weighted by atomic mass is 9.97. The Balaban J connectivity index is 1.79. The third-order valence-corrected chi connectivity index (χ3v) is 7.39. The molecule has 2 heterocycles. The monoisotopic (exact) mass is 383 g/mol. The molecular formula is C21H21NO4S. The van der Waals surface area contributed by atoms with E-state index in [0.717, 1.165) is 25.7 Å². The maximum absolute atomic E-state index is 13.0. The summed E-state index contributed by atoms with van der Waals surface area (Å²) in [5, 5.41) is 0. The highest BCUT2D eigenvalue weighted by Gasteiger charge is 2.36. The molecule has 0 bridgehead atoms. The molecule has 140 valence electrons. The molecule has 6 heteroatoms. The van der Waals surface area contributed by atoms with Gasteiger partial charge in [-0.1, -0.05) is 19.1 Å². The van der Waals surface area contributed by atoms with E-state index in [2.05, 4.69) is 6.92 Å². The van der Waals surface area contributed by atoms with Gasteiger partial charge in [0.05, 0.1) is 9.79 Å². The van der Waals surface area contributed by atoms with E-state index in [-0.39, 0.29) is 38.7 Å². The van der Waals surface area contributed by atoms with Crippen molar-refractivity contribution in [2.24, 2.45) is 0 Å². The molecule has 2 aliphatic heterocycles. The molecule has 2 aromatic carbocycles. The highest BCUT2D eigenvalue weighted by atomic mass is 32.2. The Hall–Kier alpha value is -2.47. The van der Waals surface area contributed by atoms with Crippen molar-refractivity contribution in [2.75, 3.05) is 6.54 Å². The Morgan fingerprint density at radius 3 is 2.59 bits per heavy atom. The Morgan fingerprint density at radius 2 is 1.81 bits per heavy atom. The molecule has 27 heavy (non-hydrogen) atoms. The first kappa shape index (κ1) is 17.9. The molecule has 0 aliphatic carbocycles. The molecule has 1 fully saturated rings. The van der Waals surface area contributed by atoms with E-state index >= 15 is 0 Å². The number of carbonyl (C=O) groups excluding carboxylic acids is 2. The maximum atomic E-state index is 13.0. The van der Waals surface area contributed by atoms with Crippen LogP contribution >= 0.6 is 0 Å². The van der Waals surface area contributed by atoms with Gasteiger partial charge in [0.1, 0.15) is 0 Å². The summed E-state index contributed by atoms with van der Waals surface area (Å²) in [5.41, 5.74) is 0.645. The van der Waals surface area contributed by atoms with E-state index in [1.807, 2.05) is 4.90 Å². The second kappa shape index (κ2) is 6.60. The average molecular weight is 383 g/mol. The summed E-state index contributed by atoms with van der Waals surface area (Å²) in [4.78, 5) is 27.5. The van der Waals surface area contributed by atoms with Crippen molar-refractivity contribution in [3.63, 3.8) is 0 Å². The summed E-state index contributed by atoms with van der Waals surface area (Å²) < 4.78 is 26.1. The number of sulfone groups is 1. The van der Waals surface area contributed by atoms with E-state index in [4.69, 9.17) is 0 Å². The van der Waals surface area contributed by atoms with Crippen molar-refractivity contribution in [1.29, 1.82) is 0 Å². The number of piperidine rings is 1. The number of hydrogen-bond donors (Lipinski definition) is 0. The van der Waals surface area contributed by atoms with E-state index in [9.17, 15) is 18.0 Å². The van der Waals surface area contributed by atoms with Gasteiger partial charge in [-0.2, -0.15) is 0 Å². The molecule has 1 atom stereocenters. The molecule has 0 spiro atoms. The Labute approximate surface area is 158 Å². The van der Waals surface area contributed by atoms with Crippen molar-refractivity contribution in [2.45, 2.75) is 48.4 Å². The zero-order valence-electron chi connectivity index (χ0n) is 15.1. The van der Waals surface area contributed by atoms with Crippen molar-refractivity contribution in [3.8, 4) is 0 Å². The average Bonchev–Trinajstić information content (AvgIpc) is 2.71. The SMILES string of the molecule is CCC1CCCCN1C(=O)c1ccc2c(c1)S(=O)(=O)c1ccccc1C2=O. The first-order valence-corrected chi connectivity index (χ1v) is 10.8. The molecule has 0 radical (unpaired) electrons. The molecular weight excluding hydrogens is 362 g/mol. The summed E-state index contributed by atoms with van der Waals surface area (Å²) in [7, 11) is -3.83. The number of amides is 1. The minimum absolute atomic E-state index is 0.0107. The molecule has 1 unspecified atom stereocenters. The van der Waals surface area contributed by atoms with Crippen LogP contribution in [0.5, 0.6) is 0 Å². The zero-order chi connectivity index (χ0) is 19.2. The third kappa shape index (κ3) is 2.79. The number of benzene rings is 2. The zero-order valence-corrected chi connectivity index (χ0v) is 16.0. The Kier molecular flexibility index (Phi) is 4.38. The van der Waals surface area contributed by atoms with Crippen molar-refractivity contribution in [1.82, 2.24) is 4.90 Å². The predicted molar refractivity (Wildman–Crippen MR) is 101 cm³/mol. The van der Waals surface area contributed by atoms with E-state index in [0.29, 0.717) is 12.1 Å².